The first-order valence-corrected chi connectivity index (χ1v) is 4.94. The fraction of sp³-hybridized carbons (Fsp3) is 0. The molecular weight excluding hydrogens is 215 g/mol. The maximum Gasteiger partial charge on any atom is 0.0412 e. The summed E-state index contributed by atoms with van der Waals surface area (Å²) in [6.45, 7) is 0. The van der Waals surface area contributed by atoms with Crippen LogP contribution in [0.3, 0.4) is 0 Å². The number of benzene rings is 2. The zero-order valence-corrected chi connectivity index (χ0v) is 8.81. The Kier molecular flexibility index (Phi) is 2.76. The fourth-order valence-corrected chi connectivity index (χ4v) is 1.62. The Bertz CT molecular complexity index is 406. The van der Waals surface area contributed by atoms with E-state index in [4.69, 9.17) is 23.2 Å². The molecule has 0 heterocycles. The van der Waals surface area contributed by atoms with Crippen LogP contribution >= 0.6 is 23.2 Å². The van der Waals surface area contributed by atoms with Gasteiger partial charge in [0.1, 0.15) is 0 Å². The Morgan fingerprint density at radius 3 is 2.43 bits per heavy atom. The minimum Gasteiger partial charge on any atom is -0.0843 e. The van der Waals surface area contributed by atoms with Gasteiger partial charge in [-0.3, -0.25) is 0 Å². The highest BCUT2D eigenvalue weighted by atomic mass is 35.5. The summed E-state index contributed by atoms with van der Waals surface area (Å²) < 4.78 is 0. The van der Waals surface area contributed by atoms with Gasteiger partial charge in [-0.05, 0) is 41.5 Å². The van der Waals surface area contributed by atoms with Crippen LogP contribution in [0.2, 0.25) is 10.0 Å². The summed E-state index contributed by atoms with van der Waals surface area (Å²) in [5, 5.41) is 1.43. The van der Waals surface area contributed by atoms with Gasteiger partial charge in [0.05, 0.1) is 0 Å². The summed E-state index contributed by atoms with van der Waals surface area (Å²) in [6.07, 6.45) is 0. The van der Waals surface area contributed by atoms with Crippen LogP contribution in [0.1, 0.15) is 0 Å². The molecule has 0 saturated heterocycles. The highest BCUT2D eigenvalue weighted by Crippen LogP contribution is 2.24. The molecular formula is C12H7Cl2. The molecule has 1 radical (unpaired) electrons. The molecule has 2 rings (SSSR count). The highest BCUT2D eigenvalue weighted by molar-refractivity contribution is 6.31. The number of hydrogen-bond donors (Lipinski definition) is 0. The average molecular weight is 222 g/mol. The second-order valence-corrected chi connectivity index (χ2v) is 3.80. The molecule has 0 nitrogen and oxygen atoms in total. The lowest BCUT2D eigenvalue weighted by atomic mass is 10.1. The van der Waals surface area contributed by atoms with Crippen LogP contribution in [-0.4, -0.2) is 0 Å². The van der Waals surface area contributed by atoms with Crippen LogP contribution in [0.25, 0.3) is 11.1 Å². The molecule has 2 aromatic carbocycles. The smallest absolute Gasteiger partial charge is 0.0412 e. The molecule has 2 heteroatoms. The van der Waals surface area contributed by atoms with E-state index in [0.29, 0.717) is 5.02 Å². The van der Waals surface area contributed by atoms with Crippen molar-refractivity contribution in [1.29, 1.82) is 0 Å². The third kappa shape index (κ3) is 2.09. The molecule has 2 aromatic rings. The van der Waals surface area contributed by atoms with Gasteiger partial charge < -0.3 is 0 Å². The van der Waals surface area contributed by atoms with Gasteiger partial charge in [-0.2, -0.15) is 0 Å². The summed E-state index contributed by atoms with van der Waals surface area (Å²) in [6, 6.07) is 16.2. The predicted molar refractivity (Wildman–Crippen MR) is 60.7 cm³/mol. The Balaban J connectivity index is 2.49. The minimum absolute atomic E-state index is 0.707. The zero-order chi connectivity index (χ0) is 9.97. The van der Waals surface area contributed by atoms with E-state index in [-0.39, 0.29) is 0 Å². The van der Waals surface area contributed by atoms with Gasteiger partial charge in [-0.15, -0.1) is 0 Å². The molecule has 0 aliphatic heterocycles. The third-order valence-electron chi connectivity index (χ3n) is 1.90. The summed E-state index contributed by atoms with van der Waals surface area (Å²) in [4.78, 5) is 0. The second kappa shape index (κ2) is 4.04. The van der Waals surface area contributed by atoms with Crippen LogP contribution in [0.15, 0.2) is 42.5 Å². The second-order valence-electron chi connectivity index (χ2n) is 2.93. The highest BCUT2D eigenvalue weighted by Gasteiger charge is 1.98. The lowest BCUT2D eigenvalue weighted by Crippen LogP contribution is -1.77. The first-order valence-electron chi connectivity index (χ1n) is 4.19. The molecule has 0 aliphatic rings. The van der Waals surface area contributed by atoms with Gasteiger partial charge in [0.2, 0.25) is 0 Å². The monoisotopic (exact) mass is 221 g/mol. The molecule has 0 fully saturated rings. The molecule has 14 heavy (non-hydrogen) atoms. The molecule has 0 aliphatic carbocycles. The van der Waals surface area contributed by atoms with Crippen molar-refractivity contribution in [1.82, 2.24) is 0 Å². The molecule has 0 spiro atoms. The van der Waals surface area contributed by atoms with Crippen LogP contribution in [0.5, 0.6) is 0 Å². The van der Waals surface area contributed by atoms with E-state index >= 15 is 0 Å². The zero-order valence-electron chi connectivity index (χ0n) is 7.30. The van der Waals surface area contributed by atoms with Crippen LogP contribution in [-0.2, 0) is 0 Å². The number of halogens is 2. The van der Waals surface area contributed by atoms with Gasteiger partial charge in [0, 0.05) is 10.0 Å². The lowest BCUT2D eigenvalue weighted by Gasteiger charge is -2.01. The summed E-state index contributed by atoms with van der Waals surface area (Å²) in [7, 11) is 0. The van der Waals surface area contributed by atoms with Gasteiger partial charge in [0.25, 0.3) is 0 Å². The van der Waals surface area contributed by atoms with Gasteiger partial charge in [0.15, 0.2) is 0 Å². The van der Waals surface area contributed by atoms with Gasteiger partial charge in [-0.25, -0.2) is 0 Å². The van der Waals surface area contributed by atoms with Crippen molar-refractivity contribution >= 4 is 23.2 Å². The van der Waals surface area contributed by atoms with Crippen molar-refractivity contribution in [3.8, 4) is 11.1 Å². The number of hydrogen-bond acceptors (Lipinski definition) is 0. The van der Waals surface area contributed by atoms with Crippen LogP contribution in [0.4, 0.5) is 0 Å². The molecule has 69 valence electrons. The maximum atomic E-state index is 5.89. The third-order valence-corrected chi connectivity index (χ3v) is 2.37. The largest absolute Gasteiger partial charge is 0.0843 e. The number of rotatable bonds is 1. The van der Waals surface area contributed by atoms with Gasteiger partial charge >= 0.3 is 0 Å². The van der Waals surface area contributed by atoms with Crippen molar-refractivity contribution in [3.05, 3.63) is 58.6 Å². The molecule has 0 amide bonds. The van der Waals surface area contributed by atoms with Crippen molar-refractivity contribution in [2.45, 2.75) is 0 Å². The lowest BCUT2D eigenvalue weighted by molar-refractivity contribution is 1.61. The Hall–Kier alpha value is -0.980. The van der Waals surface area contributed by atoms with Crippen molar-refractivity contribution in [2.75, 3.05) is 0 Å². The van der Waals surface area contributed by atoms with Crippen molar-refractivity contribution in [2.24, 2.45) is 0 Å². The summed E-state index contributed by atoms with van der Waals surface area (Å²) >= 11 is 11.8. The normalized spacial score (nSPS) is 10.1. The van der Waals surface area contributed by atoms with Gasteiger partial charge in [-0.1, -0.05) is 41.4 Å². The van der Waals surface area contributed by atoms with Crippen LogP contribution < -0.4 is 0 Å². The molecule has 0 N–H and O–H groups in total. The molecule has 0 unspecified atom stereocenters. The van der Waals surface area contributed by atoms with Crippen molar-refractivity contribution < 1.29 is 0 Å². The standard InChI is InChI=1S/C12H7Cl2/c13-11-5-1-3-9(7-11)10-4-2-6-12(14)8-10/h1-3,5-8H. The summed E-state index contributed by atoms with van der Waals surface area (Å²) in [5.41, 5.74) is 1.99. The van der Waals surface area contributed by atoms with E-state index in [0.717, 1.165) is 16.1 Å². The van der Waals surface area contributed by atoms with E-state index in [2.05, 4.69) is 6.07 Å². The molecule has 0 atom stereocenters. The first-order chi connectivity index (χ1) is 6.75. The van der Waals surface area contributed by atoms with Crippen molar-refractivity contribution in [3.63, 3.8) is 0 Å². The Morgan fingerprint density at radius 1 is 0.929 bits per heavy atom. The SMILES string of the molecule is Clc1cc[c]c(-c2cccc(Cl)c2)c1. The van der Waals surface area contributed by atoms with E-state index in [1.807, 2.05) is 30.3 Å². The van der Waals surface area contributed by atoms with E-state index in [1.165, 1.54) is 0 Å². The molecule has 0 aromatic heterocycles. The Labute approximate surface area is 93.1 Å². The fourth-order valence-electron chi connectivity index (χ4n) is 1.26. The summed E-state index contributed by atoms with van der Waals surface area (Å²) in [5.74, 6) is 0. The quantitative estimate of drug-likeness (QED) is 0.668. The van der Waals surface area contributed by atoms with Crippen LogP contribution in [0, 0.1) is 6.07 Å². The molecule has 0 saturated carbocycles. The first kappa shape index (κ1) is 9.57. The molecule has 0 bridgehead atoms. The average Bonchev–Trinajstić information content (AvgIpc) is 2.18. The predicted octanol–water partition coefficient (Wildman–Crippen LogP) is 4.46. The topological polar surface area (TPSA) is 0 Å². The maximum absolute atomic E-state index is 5.89. The van der Waals surface area contributed by atoms with E-state index < -0.39 is 0 Å². The van der Waals surface area contributed by atoms with E-state index in [1.54, 1.807) is 12.1 Å². The minimum atomic E-state index is 0.707. The Morgan fingerprint density at radius 2 is 1.71 bits per heavy atom. The van der Waals surface area contributed by atoms with E-state index in [9.17, 15) is 0 Å².